The van der Waals surface area contributed by atoms with Gasteiger partial charge in [0.15, 0.2) is 0 Å². The number of amides is 2. The summed E-state index contributed by atoms with van der Waals surface area (Å²) >= 11 is 0. The number of piperazine rings is 1. The quantitative estimate of drug-likeness (QED) is 0.454. The van der Waals surface area contributed by atoms with Gasteiger partial charge in [-0.3, -0.25) is 29.2 Å². The number of aryl methyl sites for hydroxylation is 1. The molecule has 2 amide bonds. The fraction of sp³-hybridized carbons (Fsp3) is 0.706. The molecule has 0 radical (unpaired) electrons. The van der Waals surface area contributed by atoms with Crippen LogP contribution in [0.15, 0.2) is 23.0 Å². The predicted octanol–water partition coefficient (Wildman–Crippen LogP) is 3.85. The van der Waals surface area contributed by atoms with Gasteiger partial charge in [-0.2, -0.15) is 0 Å². The Morgan fingerprint density at radius 2 is 1.65 bits per heavy atom. The normalized spacial score (nSPS) is 35.6. The molecule has 7 fully saturated rings. The Hall–Kier alpha value is -2.78. The van der Waals surface area contributed by atoms with E-state index in [2.05, 4.69) is 25.4 Å². The maximum atomic E-state index is 13.8. The van der Waals surface area contributed by atoms with Crippen LogP contribution < -0.4 is 16.2 Å². The molecule has 3 aliphatic heterocycles. The summed E-state index contributed by atoms with van der Waals surface area (Å²) in [6.45, 7) is 7.13. The van der Waals surface area contributed by atoms with Crippen molar-refractivity contribution in [2.24, 2.45) is 23.2 Å². The smallest absolute Gasteiger partial charge is 0.264 e. The van der Waals surface area contributed by atoms with Crippen LogP contribution in [-0.2, 0) is 9.59 Å². The topological polar surface area (TPSA) is 99.6 Å². The molecule has 6 bridgehead atoms. The summed E-state index contributed by atoms with van der Waals surface area (Å²) < 4.78 is 1.47. The first kappa shape index (κ1) is 27.7. The molecule has 2 N–H and O–H groups in total. The Bertz CT molecular complexity index is 1450. The van der Waals surface area contributed by atoms with Gasteiger partial charge in [-0.05, 0) is 113 Å². The zero-order chi connectivity index (χ0) is 29.3. The van der Waals surface area contributed by atoms with Gasteiger partial charge >= 0.3 is 0 Å². The molecule has 1 aromatic carbocycles. The van der Waals surface area contributed by atoms with Gasteiger partial charge in [0.1, 0.15) is 11.9 Å². The van der Waals surface area contributed by atoms with Gasteiger partial charge < -0.3 is 10.2 Å². The molecule has 1 aromatic heterocycles. The van der Waals surface area contributed by atoms with Crippen LogP contribution in [0.1, 0.15) is 82.5 Å². The Kier molecular flexibility index (Phi) is 6.90. The summed E-state index contributed by atoms with van der Waals surface area (Å²) in [6, 6.07) is 6.25. The number of fused-ring (bicyclic) bond motifs is 3. The molecule has 0 spiro atoms. The minimum absolute atomic E-state index is 0.220. The SMILES string of the molecule is Cc1nc2cccc(NCCN3[C@@H]4CC[C@@H]3CN(CCC35CC6CC(CC(C6)C3)C5)C4)c2c(=O)n1[C@@H]1CCC(=O)NC1=O. The third-order valence-corrected chi connectivity index (χ3v) is 12.1. The minimum atomic E-state index is -0.718. The Morgan fingerprint density at radius 1 is 0.953 bits per heavy atom. The van der Waals surface area contributed by atoms with Gasteiger partial charge in [-0.15, -0.1) is 0 Å². The van der Waals surface area contributed by atoms with E-state index in [-0.39, 0.29) is 17.9 Å². The second-order valence-electron chi connectivity index (χ2n) is 15.0. The minimum Gasteiger partial charge on any atom is -0.383 e. The van der Waals surface area contributed by atoms with E-state index in [0.29, 0.717) is 40.6 Å². The van der Waals surface area contributed by atoms with Crippen molar-refractivity contribution in [3.63, 3.8) is 0 Å². The maximum absolute atomic E-state index is 13.8. The van der Waals surface area contributed by atoms with Crippen LogP contribution in [0.25, 0.3) is 10.9 Å². The average molecular weight is 587 g/mol. The first-order valence-electron chi connectivity index (χ1n) is 16.9. The molecular formula is C34H46N6O3. The lowest BCUT2D eigenvalue weighted by Gasteiger charge is -2.57. The highest BCUT2D eigenvalue weighted by molar-refractivity contribution is 5.99. The van der Waals surface area contributed by atoms with Crippen LogP contribution in [0.2, 0.25) is 0 Å². The molecular weight excluding hydrogens is 540 g/mol. The second-order valence-corrected chi connectivity index (χ2v) is 15.0. The highest BCUT2D eigenvalue weighted by Gasteiger charge is 2.51. The number of rotatable bonds is 8. The maximum Gasteiger partial charge on any atom is 0.264 e. The van der Waals surface area contributed by atoms with Crippen LogP contribution in [0, 0.1) is 30.1 Å². The third kappa shape index (κ3) is 5.00. The predicted molar refractivity (Wildman–Crippen MR) is 166 cm³/mol. The summed E-state index contributed by atoms with van der Waals surface area (Å²) in [4.78, 5) is 48.3. The van der Waals surface area contributed by atoms with Crippen molar-refractivity contribution < 1.29 is 9.59 Å². The molecule has 7 aliphatic rings. The Balaban J connectivity index is 0.911. The summed E-state index contributed by atoms with van der Waals surface area (Å²) in [7, 11) is 0. The van der Waals surface area contributed by atoms with E-state index in [0.717, 1.165) is 36.5 Å². The van der Waals surface area contributed by atoms with E-state index < -0.39 is 11.9 Å². The molecule has 9 rings (SSSR count). The van der Waals surface area contributed by atoms with Crippen molar-refractivity contribution in [2.75, 3.05) is 38.0 Å². The number of carbonyl (C=O) groups is 2. The van der Waals surface area contributed by atoms with Gasteiger partial charge in [0.25, 0.3) is 5.56 Å². The summed E-state index contributed by atoms with van der Waals surface area (Å²) in [5.74, 6) is 2.87. The summed E-state index contributed by atoms with van der Waals surface area (Å²) in [5.41, 5.74) is 1.83. The summed E-state index contributed by atoms with van der Waals surface area (Å²) in [6.07, 6.45) is 13.6. The molecule has 0 unspecified atom stereocenters. The van der Waals surface area contributed by atoms with E-state index in [1.165, 1.54) is 82.0 Å². The van der Waals surface area contributed by atoms with Gasteiger partial charge in [0, 0.05) is 50.4 Å². The van der Waals surface area contributed by atoms with Crippen LogP contribution >= 0.6 is 0 Å². The number of nitrogens with zero attached hydrogens (tertiary/aromatic N) is 4. The lowest BCUT2D eigenvalue weighted by molar-refractivity contribution is -0.135. The van der Waals surface area contributed by atoms with Gasteiger partial charge in [-0.25, -0.2) is 4.98 Å². The number of hydrogen-bond acceptors (Lipinski definition) is 7. The number of anilines is 1. The first-order valence-corrected chi connectivity index (χ1v) is 16.9. The molecule has 9 nitrogen and oxygen atoms in total. The fourth-order valence-electron chi connectivity index (χ4n) is 10.7. The van der Waals surface area contributed by atoms with Crippen molar-refractivity contribution in [3.8, 4) is 0 Å². The second kappa shape index (κ2) is 10.7. The van der Waals surface area contributed by atoms with Crippen molar-refractivity contribution >= 4 is 28.4 Å². The van der Waals surface area contributed by atoms with Crippen LogP contribution in [0.5, 0.6) is 0 Å². The number of hydrogen-bond donors (Lipinski definition) is 2. The van der Waals surface area contributed by atoms with Gasteiger partial charge in [0.2, 0.25) is 11.8 Å². The first-order chi connectivity index (χ1) is 20.8. The lowest BCUT2D eigenvalue weighted by Crippen LogP contribution is -2.55. The molecule has 2 aromatic rings. The van der Waals surface area contributed by atoms with Crippen molar-refractivity contribution in [1.82, 2.24) is 24.7 Å². The zero-order valence-corrected chi connectivity index (χ0v) is 25.5. The van der Waals surface area contributed by atoms with E-state index in [1.54, 1.807) is 6.92 Å². The summed E-state index contributed by atoms with van der Waals surface area (Å²) in [5, 5.41) is 6.45. The van der Waals surface area contributed by atoms with Crippen molar-refractivity contribution in [3.05, 3.63) is 34.4 Å². The standard InChI is InChI=1S/C34H46N6O3/c1-21-36-28-4-2-3-27(31(28)33(43)40(21)29-7-8-30(41)37-32(29)42)35-10-12-39-25-5-6-26(39)20-38(19-25)11-9-34-16-22-13-23(17-34)15-24(14-22)18-34/h2-4,22-26,29,35H,5-20H2,1H3,(H,37,41,42)/t22?,23?,24?,25-,26-,29-,34?/m1/s1. The average Bonchev–Trinajstić information content (AvgIpc) is 3.19. The number of piperidine rings is 1. The number of aromatic nitrogens is 2. The number of nitrogens with one attached hydrogen (secondary N) is 2. The molecule has 230 valence electrons. The largest absolute Gasteiger partial charge is 0.383 e. The van der Waals surface area contributed by atoms with Crippen LogP contribution in [0.4, 0.5) is 5.69 Å². The van der Waals surface area contributed by atoms with Crippen molar-refractivity contribution in [1.29, 1.82) is 0 Å². The fourth-order valence-corrected chi connectivity index (χ4v) is 10.7. The van der Waals surface area contributed by atoms with E-state index in [4.69, 9.17) is 0 Å². The van der Waals surface area contributed by atoms with Crippen LogP contribution in [0.3, 0.4) is 0 Å². The molecule has 9 heteroatoms. The molecule has 4 heterocycles. The highest BCUT2D eigenvalue weighted by Crippen LogP contribution is 2.61. The molecule has 4 saturated carbocycles. The van der Waals surface area contributed by atoms with E-state index in [9.17, 15) is 14.4 Å². The Morgan fingerprint density at radius 3 is 2.33 bits per heavy atom. The van der Waals surface area contributed by atoms with E-state index >= 15 is 0 Å². The van der Waals surface area contributed by atoms with Crippen molar-refractivity contribution in [2.45, 2.75) is 95.7 Å². The zero-order valence-electron chi connectivity index (χ0n) is 25.5. The Labute approximate surface area is 253 Å². The molecule has 3 saturated heterocycles. The number of likely N-dealkylation sites (tertiary alicyclic amines) is 1. The van der Waals surface area contributed by atoms with Gasteiger partial charge in [-0.1, -0.05) is 6.07 Å². The molecule has 43 heavy (non-hydrogen) atoms. The number of carbonyl (C=O) groups excluding carboxylic acids is 2. The third-order valence-electron chi connectivity index (χ3n) is 12.1. The van der Waals surface area contributed by atoms with Gasteiger partial charge in [0.05, 0.1) is 10.9 Å². The number of benzene rings is 1. The molecule has 3 atom stereocenters. The molecule has 4 aliphatic carbocycles. The van der Waals surface area contributed by atoms with Crippen LogP contribution in [-0.4, -0.2) is 76.0 Å². The highest BCUT2D eigenvalue weighted by atomic mass is 16.2. The number of imide groups is 1. The lowest BCUT2D eigenvalue weighted by atomic mass is 9.49. The van der Waals surface area contributed by atoms with E-state index in [1.807, 2.05) is 18.2 Å². The monoisotopic (exact) mass is 586 g/mol.